The number of amides is 2. The fourth-order valence-electron chi connectivity index (χ4n) is 2.57. The molecule has 0 radical (unpaired) electrons. The largest absolute Gasteiger partial charge is 0.444 e. The number of carbonyl (C=O) groups is 2. The average Bonchev–Trinajstić information content (AvgIpc) is 2.92. The Morgan fingerprint density at radius 3 is 2.50 bits per heavy atom. The number of carbonyl (C=O) groups excluding carboxylic acids is 2. The number of ether oxygens (including phenoxy) is 1. The number of hydrogen-bond acceptors (Lipinski definition) is 3. The molecular weight excluding hydrogens is 417 g/mol. The van der Waals surface area contributed by atoms with Crippen LogP contribution in [0.15, 0.2) is 22.7 Å². The summed E-state index contributed by atoms with van der Waals surface area (Å²) in [7, 11) is 0. The molecule has 1 aromatic carbocycles. The van der Waals surface area contributed by atoms with Crippen molar-refractivity contribution in [2.75, 3.05) is 13.1 Å². The Bertz CT molecular complexity index is 701. The number of rotatable bonds is 2. The number of alkyl halides is 3. The second-order valence-corrected chi connectivity index (χ2v) is 7.93. The molecule has 0 spiro atoms. The number of nitrogens with zero attached hydrogens (tertiary/aromatic N) is 1. The molecule has 0 bridgehead atoms. The second kappa shape index (κ2) is 7.46. The maximum absolute atomic E-state index is 12.9. The third-order valence-electron chi connectivity index (χ3n) is 3.72. The molecule has 1 atom stereocenters. The Hall–Kier alpha value is -1.77. The topological polar surface area (TPSA) is 58.6 Å². The number of nitrogens with one attached hydrogen (secondary N) is 1. The first-order valence-electron chi connectivity index (χ1n) is 8.02. The minimum atomic E-state index is -4.53. The van der Waals surface area contributed by atoms with Crippen LogP contribution in [0.5, 0.6) is 0 Å². The molecule has 26 heavy (non-hydrogen) atoms. The van der Waals surface area contributed by atoms with Crippen LogP contribution in [-0.2, 0) is 10.9 Å². The van der Waals surface area contributed by atoms with Gasteiger partial charge in [0.1, 0.15) is 5.60 Å². The molecule has 0 aliphatic carbocycles. The first-order chi connectivity index (χ1) is 11.9. The molecule has 5 nitrogen and oxygen atoms in total. The van der Waals surface area contributed by atoms with E-state index in [9.17, 15) is 22.8 Å². The summed E-state index contributed by atoms with van der Waals surface area (Å²) < 4.78 is 44.1. The molecule has 2 amide bonds. The van der Waals surface area contributed by atoms with Crippen molar-refractivity contribution in [3.8, 4) is 0 Å². The van der Waals surface area contributed by atoms with Crippen LogP contribution in [0, 0.1) is 0 Å². The summed E-state index contributed by atoms with van der Waals surface area (Å²) >= 11 is 3.13. The van der Waals surface area contributed by atoms with Gasteiger partial charge in [0.25, 0.3) is 5.91 Å². The zero-order valence-corrected chi connectivity index (χ0v) is 16.2. The fraction of sp³-hybridized carbons (Fsp3) is 0.529. The van der Waals surface area contributed by atoms with Gasteiger partial charge in [-0.25, -0.2) is 4.79 Å². The van der Waals surface area contributed by atoms with Crippen LogP contribution in [0.2, 0.25) is 0 Å². The molecule has 1 saturated heterocycles. The smallest absolute Gasteiger partial charge is 0.416 e. The third-order valence-corrected chi connectivity index (χ3v) is 4.41. The predicted molar refractivity (Wildman–Crippen MR) is 92.8 cm³/mol. The number of benzene rings is 1. The van der Waals surface area contributed by atoms with Gasteiger partial charge in [-0.2, -0.15) is 13.2 Å². The van der Waals surface area contributed by atoms with Gasteiger partial charge in [-0.1, -0.05) is 0 Å². The third kappa shape index (κ3) is 5.36. The van der Waals surface area contributed by atoms with Gasteiger partial charge < -0.3 is 15.0 Å². The Balaban J connectivity index is 2.05. The summed E-state index contributed by atoms with van der Waals surface area (Å²) in [5, 5.41) is 2.68. The van der Waals surface area contributed by atoms with Gasteiger partial charge in [-0.3, -0.25) is 4.79 Å². The molecule has 1 fully saturated rings. The number of alkyl carbamates (subject to hydrolysis) is 1. The van der Waals surface area contributed by atoms with Crippen molar-refractivity contribution in [2.24, 2.45) is 0 Å². The van der Waals surface area contributed by atoms with E-state index in [2.05, 4.69) is 21.2 Å². The first kappa shape index (κ1) is 20.5. The van der Waals surface area contributed by atoms with E-state index in [1.807, 2.05) is 0 Å². The number of halogens is 4. The van der Waals surface area contributed by atoms with Crippen LogP contribution in [0.4, 0.5) is 18.0 Å². The summed E-state index contributed by atoms with van der Waals surface area (Å²) in [5.41, 5.74) is -1.58. The minimum Gasteiger partial charge on any atom is -0.444 e. The molecular formula is C17H20BrF3N2O3. The van der Waals surface area contributed by atoms with Crippen LogP contribution in [0.1, 0.15) is 43.1 Å². The van der Waals surface area contributed by atoms with Crippen LogP contribution < -0.4 is 5.32 Å². The molecule has 1 aromatic rings. The second-order valence-electron chi connectivity index (χ2n) is 7.08. The summed E-state index contributed by atoms with van der Waals surface area (Å²) in [6.07, 6.45) is -4.61. The Kier molecular flexibility index (Phi) is 5.89. The van der Waals surface area contributed by atoms with Gasteiger partial charge >= 0.3 is 12.3 Å². The highest BCUT2D eigenvalue weighted by atomic mass is 79.9. The van der Waals surface area contributed by atoms with Crippen molar-refractivity contribution in [2.45, 2.75) is 45.0 Å². The zero-order valence-electron chi connectivity index (χ0n) is 14.6. The van der Waals surface area contributed by atoms with Gasteiger partial charge in [-0.15, -0.1) is 0 Å². The SMILES string of the molecule is CC(C)(C)OC(=O)NC1CCN(C(=O)c2cc(C(F)(F)F)ccc2Br)C1. The van der Waals surface area contributed by atoms with Crippen molar-refractivity contribution in [3.05, 3.63) is 33.8 Å². The Labute approximate surface area is 158 Å². The zero-order chi connectivity index (χ0) is 19.7. The van der Waals surface area contributed by atoms with Gasteiger partial charge in [-0.05, 0) is 61.3 Å². The highest BCUT2D eigenvalue weighted by molar-refractivity contribution is 9.10. The quantitative estimate of drug-likeness (QED) is 0.755. The van der Waals surface area contributed by atoms with E-state index in [-0.39, 0.29) is 18.2 Å². The molecule has 2 rings (SSSR count). The number of hydrogen-bond donors (Lipinski definition) is 1. The monoisotopic (exact) mass is 436 g/mol. The summed E-state index contributed by atoms with van der Waals surface area (Å²) in [4.78, 5) is 25.8. The van der Waals surface area contributed by atoms with E-state index in [1.165, 1.54) is 11.0 Å². The van der Waals surface area contributed by atoms with Crippen LogP contribution in [0.3, 0.4) is 0 Å². The Morgan fingerprint density at radius 1 is 1.27 bits per heavy atom. The molecule has 1 unspecified atom stereocenters. The summed E-state index contributed by atoms with van der Waals surface area (Å²) in [5.74, 6) is -0.517. The van der Waals surface area contributed by atoms with Crippen molar-refractivity contribution >= 4 is 27.9 Å². The van der Waals surface area contributed by atoms with Crippen molar-refractivity contribution in [1.29, 1.82) is 0 Å². The van der Waals surface area contributed by atoms with Crippen LogP contribution >= 0.6 is 15.9 Å². The van der Waals surface area contributed by atoms with E-state index in [0.717, 1.165) is 12.1 Å². The lowest BCUT2D eigenvalue weighted by atomic mass is 10.1. The summed E-state index contributed by atoms with van der Waals surface area (Å²) in [6.45, 7) is 5.76. The van der Waals surface area contributed by atoms with Crippen molar-refractivity contribution < 1.29 is 27.5 Å². The highest BCUT2D eigenvalue weighted by Crippen LogP contribution is 2.32. The van der Waals surface area contributed by atoms with Crippen LogP contribution in [-0.4, -0.2) is 41.6 Å². The van der Waals surface area contributed by atoms with Gasteiger partial charge in [0.2, 0.25) is 0 Å². The molecule has 1 N–H and O–H groups in total. The van der Waals surface area contributed by atoms with Crippen molar-refractivity contribution in [1.82, 2.24) is 10.2 Å². The molecule has 144 valence electrons. The Morgan fingerprint density at radius 2 is 1.92 bits per heavy atom. The lowest BCUT2D eigenvalue weighted by Gasteiger charge is -2.22. The van der Waals surface area contributed by atoms with E-state index in [0.29, 0.717) is 17.4 Å². The van der Waals surface area contributed by atoms with E-state index >= 15 is 0 Å². The standard InChI is InChI=1S/C17H20BrF3N2O3/c1-16(2,3)26-15(25)22-11-6-7-23(9-11)14(24)12-8-10(17(19,20)21)4-5-13(12)18/h4-5,8,11H,6-7,9H2,1-3H3,(H,22,25). The first-order valence-corrected chi connectivity index (χ1v) is 8.81. The molecule has 1 aliphatic heterocycles. The molecule has 0 saturated carbocycles. The molecule has 9 heteroatoms. The minimum absolute atomic E-state index is 0.0576. The maximum atomic E-state index is 12.9. The normalized spacial score (nSPS) is 18.0. The lowest BCUT2D eigenvalue weighted by molar-refractivity contribution is -0.137. The molecule has 1 heterocycles. The predicted octanol–water partition coefficient (Wildman–Crippen LogP) is 4.21. The summed E-state index contributed by atoms with van der Waals surface area (Å²) in [6, 6.07) is 2.65. The van der Waals surface area contributed by atoms with Gasteiger partial charge in [0.05, 0.1) is 17.2 Å². The van der Waals surface area contributed by atoms with E-state index < -0.39 is 29.3 Å². The van der Waals surface area contributed by atoms with E-state index in [4.69, 9.17) is 4.74 Å². The lowest BCUT2D eigenvalue weighted by Crippen LogP contribution is -2.41. The fourth-order valence-corrected chi connectivity index (χ4v) is 2.99. The maximum Gasteiger partial charge on any atom is 0.416 e. The van der Waals surface area contributed by atoms with Gasteiger partial charge in [0, 0.05) is 17.6 Å². The highest BCUT2D eigenvalue weighted by Gasteiger charge is 2.34. The number of likely N-dealkylation sites (tertiary alicyclic amines) is 1. The average molecular weight is 437 g/mol. The van der Waals surface area contributed by atoms with Crippen LogP contribution in [0.25, 0.3) is 0 Å². The van der Waals surface area contributed by atoms with E-state index in [1.54, 1.807) is 20.8 Å². The van der Waals surface area contributed by atoms with Gasteiger partial charge in [0.15, 0.2) is 0 Å². The molecule has 1 aliphatic rings. The van der Waals surface area contributed by atoms with Crippen molar-refractivity contribution in [3.63, 3.8) is 0 Å². The molecule has 0 aromatic heterocycles.